The molecule has 1 rings (SSSR count). The molecule has 0 aliphatic heterocycles. The van der Waals surface area contributed by atoms with Gasteiger partial charge in [-0.05, 0) is 12.1 Å². The Morgan fingerprint density at radius 2 is 2.00 bits per heavy atom. The second-order valence-corrected chi connectivity index (χ2v) is 5.65. The maximum atomic E-state index is 4.40. The summed E-state index contributed by atoms with van der Waals surface area (Å²) in [5, 5.41) is 0. The van der Waals surface area contributed by atoms with Crippen LogP contribution in [0.4, 0.5) is 0 Å². The molecule has 0 aromatic carbocycles. The predicted octanol–water partition coefficient (Wildman–Crippen LogP) is 3.82. The molecule has 66 valence electrons. The van der Waals surface area contributed by atoms with E-state index in [9.17, 15) is 0 Å². The summed E-state index contributed by atoms with van der Waals surface area (Å²) >= 11 is 2.26. The Morgan fingerprint density at radius 3 is 2.33 bits per heavy atom. The molecular weight excluding hydrogens is 281 g/mol. The molecule has 1 heterocycles. The first-order valence-corrected chi connectivity index (χ1v) is 7.15. The van der Waals surface area contributed by atoms with Crippen molar-refractivity contribution in [2.24, 2.45) is 0 Å². The van der Waals surface area contributed by atoms with Crippen molar-refractivity contribution in [2.75, 3.05) is 0 Å². The van der Waals surface area contributed by atoms with Crippen LogP contribution in [0.15, 0.2) is 23.2 Å². The van der Waals surface area contributed by atoms with Crippen molar-refractivity contribution < 1.29 is 0 Å². The summed E-state index contributed by atoms with van der Waals surface area (Å²) < 4.78 is 0. The summed E-state index contributed by atoms with van der Waals surface area (Å²) in [6.45, 7) is 6.52. The summed E-state index contributed by atoms with van der Waals surface area (Å²) in [4.78, 5) is 5.61. The Balaban J connectivity index is 2.93. The van der Waals surface area contributed by atoms with Gasteiger partial charge >= 0.3 is 0 Å². The van der Waals surface area contributed by atoms with Gasteiger partial charge in [-0.2, -0.15) is 0 Å². The Hall–Kier alpha value is 0.230. The number of hydrogen-bond donors (Lipinski definition) is 0. The van der Waals surface area contributed by atoms with Gasteiger partial charge in [-0.15, -0.1) is 0 Å². The van der Waals surface area contributed by atoms with Gasteiger partial charge in [-0.25, -0.2) is 0 Å². The van der Waals surface area contributed by atoms with Gasteiger partial charge in [0.25, 0.3) is 0 Å². The van der Waals surface area contributed by atoms with Crippen LogP contribution in [0.2, 0.25) is 0 Å². The Morgan fingerprint density at radius 1 is 1.33 bits per heavy atom. The van der Waals surface area contributed by atoms with Crippen molar-refractivity contribution in [3.05, 3.63) is 24.0 Å². The van der Waals surface area contributed by atoms with Gasteiger partial charge in [0.05, 0.1) is 0 Å². The third kappa shape index (κ3) is 2.62. The zero-order chi connectivity index (χ0) is 9.19. The molecule has 1 nitrogen and oxygen atoms in total. The van der Waals surface area contributed by atoms with Gasteiger partial charge in [0.15, 0.2) is 0 Å². The molecule has 0 radical (unpaired) electrons. The van der Waals surface area contributed by atoms with Crippen molar-refractivity contribution in [3.63, 3.8) is 0 Å². The van der Waals surface area contributed by atoms with E-state index < -0.39 is 0 Å². The monoisotopic (exact) mass is 293 g/mol. The molecule has 0 fully saturated rings. The molecule has 3 heteroatoms. The zero-order valence-electron chi connectivity index (χ0n) is 7.47. The van der Waals surface area contributed by atoms with Gasteiger partial charge in [0.1, 0.15) is 0 Å². The van der Waals surface area contributed by atoms with E-state index in [1.807, 2.05) is 6.20 Å². The molecule has 12 heavy (non-hydrogen) atoms. The first-order valence-electron chi connectivity index (χ1n) is 3.79. The lowest BCUT2D eigenvalue weighted by Gasteiger charge is -2.17. The molecule has 1 aromatic rings. The lowest BCUT2D eigenvalue weighted by molar-refractivity contribution is 0.568. The molecule has 0 spiro atoms. The third-order valence-electron chi connectivity index (χ3n) is 1.59. The van der Waals surface area contributed by atoms with Crippen LogP contribution in [0.3, 0.4) is 0 Å². The minimum atomic E-state index is 0.161. The van der Waals surface area contributed by atoms with Gasteiger partial charge in [0.2, 0.25) is 0 Å². The summed E-state index contributed by atoms with van der Waals surface area (Å²) in [6, 6.07) is 4.21. The molecule has 0 amide bonds. The molecule has 0 aliphatic carbocycles. The quantitative estimate of drug-likeness (QED) is 0.730. The Labute approximate surface area is 89.9 Å². The largest absolute Gasteiger partial charge is 0.260 e. The number of pyridine rings is 1. The zero-order valence-corrected chi connectivity index (χ0v) is 10.4. The van der Waals surface area contributed by atoms with E-state index in [0.29, 0.717) is 0 Å². The number of aromatic nitrogens is 1. The molecule has 0 atom stereocenters. The summed E-state index contributed by atoms with van der Waals surface area (Å²) in [6.07, 6.45) is 1.93. The van der Waals surface area contributed by atoms with E-state index in [4.69, 9.17) is 0 Å². The highest BCUT2D eigenvalue weighted by molar-refractivity contribution is 14.2. The maximum Gasteiger partial charge on any atom is 0.0457 e. The molecule has 0 bridgehead atoms. The summed E-state index contributed by atoms with van der Waals surface area (Å²) in [5.41, 5.74) is 1.31. The summed E-state index contributed by atoms with van der Waals surface area (Å²) in [5.74, 6) is 0. The third-order valence-corrected chi connectivity index (χ3v) is 3.54. The summed E-state index contributed by atoms with van der Waals surface area (Å²) in [7, 11) is 1.70. The lowest BCUT2D eigenvalue weighted by Crippen LogP contribution is -2.12. The van der Waals surface area contributed by atoms with Crippen LogP contribution in [0, 0.1) is 0 Å². The van der Waals surface area contributed by atoms with E-state index in [0.717, 1.165) is 5.69 Å². The van der Waals surface area contributed by atoms with Crippen molar-refractivity contribution in [2.45, 2.75) is 31.1 Å². The second-order valence-electron chi connectivity index (χ2n) is 3.71. The highest BCUT2D eigenvalue weighted by Gasteiger charge is 2.14. The van der Waals surface area contributed by atoms with E-state index in [1.165, 1.54) is 4.90 Å². The van der Waals surface area contributed by atoms with Gasteiger partial charge in [-0.3, -0.25) is 4.98 Å². The molecule has 0 aliphatic rings. The average molecular weight is 293 g/mol. The molecule has 0 N–H and O–H groups in total. The van der Waals surface area contributed by atoms with Crippen molar-refractivity contribution in [1.82, 2.24) is 4.98 Å². The number of nitrogens with zero attached hydrogens (tertiary/aromatic N) is 1. The average Bonchev–Trinajstić information content (AvgIpc) is 2.03. The predicted molar refractivity (Wildman–Crippen MR) is 62.8 cm³/mol. The standard InChI is InChI=1S/C9H12INS/c1-9(2,3)8-5-4-7(12-10)6-11-8/h4-6H,1-3H3. The van der Waals surface area contributed by atoms with E-state index >= 15 is 0 Å². The fraction of sp³-hybridized carbons (Fsp3) is 0.444. The minimum Gasteiger partial charge on any atom is -0.260 e. The van der Waals surface area contributed by atoms with Crippen LogP contribution in [0.5, 0.6) is 0 Å². The smallest absolute Gasteiger partial charge is 0.0457 e. The van der Waals surface area contributed by atoms with Gasteiger partial charge < -0.3 is 0 Å². The van der Waals surface area contributed by atoms with Crippen molar-refractivity contribution in [3.8, 4) is 0 Å². The highest BCUT2D eigenvalue weighted by atomic mass is 127. The van der Waals surface area contributed by atoms with Crippen molar-refractivity contribution >= 4 is 30.1 Å². The highest BCUT2D eigenvalue weighted by Crippen LogP contribution is 2.26. The molecule has 0 saturated heterocycles. The fourth-order valence-corrected chi connectivity index (χ4v) is 1.86. The van der Waals surface area contributed by atoms with Gasteiger partial charge in [-0.1, -0.05) is 29.7 Å². The van der Waals surface area contributed by atoms with Crippen LogP contribution < -0.4 is 0 Å². The van der Waals surface area contributed by atoms with E-state index in [1.54, 1.807) is 8.93 Å². The van der Waals surface area contributed by atoms with Crippen LogP contribution in [0.25, 0.3) is 0 Å². The van der Waals surface area contributed by atoms with Crippen LogP contribution in [0.1, 0.15) is 26.5 Å². The Bertz CT molecular complexity index is 250. The van der Waals surface area contributed by atoms with Gasteiger partial charge in [0, 0.05) is 43.4 Å². The number of rotatable bonds is 1. The molecule has 1 aromatic heterocycles. The van der Waals surface area contributed by atoms with E-state index in [2.05, 4.69) is 59.1 Å². The lowest BCUT2D eigenvalue weighted by atomic mass is 9.92. The second kappa shape index (κ2) is 3.96. The topological polar surface area (TPSA) is 12.9 Å². The maximum absolute atomic E-state index is 4.40. The number of hydrogen-bond acceptors (Lipinski definition) is 2. The SMILES string of the molecule is CC(C)(C)c1ccc(SI)cn1. The molecule has 0 saturated carbocycles. The normalized spacial score (nSPS) is 11.7. The first kappa shape index (κ1) is 10.3. The van der Waals surface area contributed by atoms with E-state index in [-0.39, 0.29) is 5.41 Å². The Kier molecular flexibility index (Phi) is 3.40. The molecule has 0 unspecified atom stereocenters. The van der Waals surface area contributed by atoms with Crippen molar-refractivity contribution in [1.29, 1.82) is 0 Å². The van der Waals surface area contributed by atoms with Crippen LogP contribution in [-0.4, -0.2) is 4.98 Å². The molecular formula is C9H12INS. The van der Waals surface area contributed by atoms with Crippen LogP contribution >= 0.6 is 30.1 Å². The first-order chi connectivity index (χ1) is 5.54. The number of halogens is 1. The minimum absolute atomic E-state index is 0.161. The van der Waals surface area contributed by atoms with Crippen LogP contribution in [-0.2, 0) is 5.41 Å². The fourth-order valence-electron chi connectivity index (χ4n) is 0.870.